The highest BCUT2D eigenvalue weighted by atomic mass is 15.3. The van der Waals surface area contributed by atoms with Crippen molar-refractivity contribution in [3.8, 4) is 0 Å². The highest BCUT2D eigenvalue weighted by molar-refractivity contribution is 5.24. The monoisotopic (exact) mass is 244 g/mol. The maximum absolute atomic E-state index is 4.15. The number of nitrogens with one attached hydrogen (secondary N) is 1. The van der Waals surface area contributed by atoms with Crippen molar-refractivity contribution in [1.82, 2.24) is 20.1 Å². The van der Waals surface area contributed by atoms with E-state index in [0.29, 0.717) is 6.04 Å². The van der Waals surface area contributed by atoms with Crippen LogP contribution in [-0.4, -0.2) is 14.8 Å². The second kappa shape index (κ2) is 5.31. The third-order valence-corrected chi connectivity index (χ3v) is 3.29. The summed E-state index contributed by atoms with van der Waals surface area (Å²) in [6.07, 6.45) is 0. The molecule has 96 valence electrons. The third kappa shape index (κ3) is 2.76. The summed E-state index contributed by atoms with van der Waals surface area (Å²) >= 11 is 0. The molecule has 0 aliphatic rings. The Balaban J connectivity index is 2.00. The Morgan fingerprint density at radius 3 is 2.67 bits per heavy atom. The molecule has 2 rings (SSSR count). The van der Waals surface area contributed by atoms with E-state index >= 15 is 0 Å². The van der Waals surface area contributed by atoms with Crippen molar-refractivity contribution in [1.29, 1.82) is 0 Å². The summed E-state index contributed by atoms with van der Waals surface area (Å²) in [4.78, 5) is 0. The van der Waals surface area contributed by atoms with E-state index in [2.05, 4.69) is 53.6 Å². The molecule has 0 amide bonds. The van der Waals surface area contributed by atoms with Gasteiger partial charge in [-0.15, -0.1) is 10.2 Å². The molecule has 1 atom stereocenters. The maximum atomic E-state index is 4.15. The van der Waals surface area contributed by atoms with Crippen molar-refractivity contribution < 1.29 is 0 Å². The van der Waals surface area contributed by atoms with E-state index in [4.69, 9.17) is 0 Å². The fourth-order valence-electron chi connectivity index (χ4n) is 1.91. The molecule has 0 spiro atoms. The largest absolute Gasteiger partial charge is 0.317 e. The summed E-state index contributed by atoms with van der Waals surface area (Å²) in [5.41, 5.74) is 2.59. The molecule has 0 unspecified atom stereocenters. The number of benzene rings is 1. The van der Waals surface area contributed by atoms with Gasteiger partial charge in [0.25, 0.3) is 0 Å². The Morgan fingerprint density at radius 2 is 2.06 bits per heavy atom. The van der Waals surface area contributed by atoms with Crippen molar-refractivity contribution in [2.24, 2.45) is 7.05 Å². The van der Waals surface area contributed by atoms with Crippen LogP contribution in [0.1, 0.15) is 35.7 Å². The Bertz CT molecular complexity index is 530. The van der Waals surface area contributed by atoms with Gasteiger partial charge in [-0.1, -0.05) is 29.8 Å². The lowest BCUT2D eigenvalue weighted by molar-refractivity contribution is 0.547. The zero-order valence-electron chi connectivity index (χ0n) is 11.4. The van der Waals surface area contributed by atoms with Crippen LogP contribution in [0.25, 0.3) is 0 Å². The molecule has 0 fully saturated rings. The van der Waals surface area contributed by atoms with Crippen molar-refractivity contribution in [3.05, 3.63) is 47.0 Å². The number of aryl methyl sites for hydroxylation is 2. The lowest BCUT2D eigenvalue weighted by Crippen LogP contribution is -2.20. The molecule has 2 aromatic rings. The summed E-state index contributed by atoms with van der Waals surface area (Å²) < 4.78 is 2.01. The SMILES string of the molecule is Cc1cccc([C@@H](C)NCc2nnc(C)n2C)c1. The Morgan fingerprint density at radius 1 is 1.28 bits per heavy atom. The van der Waals surface area contributed by atoms with E-state index in [-0.39, 0.29) is 0 Å². The number of aromatic nitrogens is 3. The van der Waals surface area contributed by atoms with Crippen LogP contribution in [0.3, 0.4) is 0 Å². The Labute approximate surface area is 108 Å². The molecule has 0 saturated heterocycles. The normalized spacial score (nSPS) is 12.7. The first-order valence-electron chi connectivity index (χ1n) is 6.22. The van der Waals surface area contributed by atoms with Crippen LogP contribution in [0.15, 0.2) is 24.3 Å². The van der Waals surface area contributed by atoms with Crippen molar-refractivity contribution in [3.63, 3.8) is 0 Å². The van der Waals surface area contributed by atoms with Crippen molar-refractivity contribution in [2.45, 2.75) is 33.4 Å². The van der Waals surface area contributed by atoms with Crippen molar-refractivity contribution in [2.75, 3.05) is 0 Å². The van der Waals surface area contributed by atoms with E-state index in [1.807, 2.05) is 18.5 Å². The molecule has 1 aromatic heterocycles. The van der Waals surface area contributed by atoms with Crippen LogP contribution in [-0.2, 0) is 13.6 Å². The minimum absolute atomic E-state index is 0.307. The van der Waals surface area contributed by atoms with E-state index < -0.39 is 0 Å². The van der Waals surface area contributed by atoms with Gasteiger partial charge in [-0.05, 0) is 26.3 Å². The molecule has 1 aromatic carbocycles. The summed E-state index contributed by atoms with van der Waals surface area (Å²) in [5.74, 6) is 1.90. The summed E-state index contributed by atoms with van der Waals surface area (Å²) in [7, 11) is 1.99. The fraction of sp³-hybridized carbons (Fsp3) is 0.429. The standard InChI is InChI=1S/C14H20N4/c1-10-6-5-7-13(8-10)11(2)15-9-14-17-16-12(3)18(14)4/h5-8,11,15H,9H2,1-4H3/t11-/m1/s1. The number of rotatable bonds is 4. The minimum Gasteiger partial charge on any atom is -0.317 e. The van der Waals surface area contributed by atoms with Crippen LogP contribution < -0.4 is 5.32 Å². The van der Waals surface area contributed by atoms with E-state index in [9.17, 15) is 0 Å². The van der Waals surface area contributed by atoms with Gasteiger partial charge in [0, 0.05) is 13.1 Å². The Hall–Kier alpha value is -1.68. The highest BCUT2D eigenvalue weighted by Crippen LogP contribution is 2.14. The second-order valence-electron chi connectivity index (χ2n) is 4.74. The second-order valence-corrected chi connectivity index (χ2v) is 4.74. The molecule has 0 aliphatic carbocycles. The van der Waals surface area contributed by atoms with Gasteiger partial charge in [0.15, 0.2) is 0 Å². The first-order valence-corrected chi connectivity index (χ1v) is 6.22. The van der Waals surface area contributed by atoms with Gasteiger partial charge in [-0.2, -0.15) is 0 Å². The van der Waals surface area contributed by atoms with Crippen LogP contribution in [0.2, 0.25) is 0 Å². The van der Waals surface area contributed by atoms with Gasteiger partial charge in [-0.25, -0.2) is 0 Å². The van der Waals surface area contributed by atoms with Crippen LogP contribution in [0, 0.1) is 13.8 Å². The van der Waals surface area contributed by atoms with E-state index in [1.165, 1.54) is 11.1 Å². The van der Waals surface area contributed by atoms with Crippen LogP contribution in [0.5, 0.6) is 0 Å². The average Bonchev–Trinajstić information content (AvgIpc) is 2.67. The maximum Gasteiger partial charge on any atom is 0.146 e. The molecule has 0 radical (unpaired) electrons. The Kier molecular flexibility index (Phi) is 3.77. The van der Waals surface area contributed by atoms with Gasteiger partial charge < -0.3 is 9.88 Å². The molecule has 1 N–H and O–H groups in total. The van der Waals surface area contributed by atoms with Crippen LogP contribution in [0.4, 0.5) is 0 Å². The summed E-state index contributed by atoms with van der Waals surface area (Å²) in [6.45, 7) is 6.97. The van der Waals surface area contributed by atoms with E-state index in [1.54, 1.807) is 0 Å². The first-order chi connectivity index (χ1) is 8.58. The van der Waals surface area contributed by atoms with Crippen molar-refractivity contribution >= 4 is 0 Å². The smallest absolute Gasteiger partial charge is 0.146 e. The van der Waals surface area contributed by atoms with Crippen LogP contribution >= 0.6 is 0 Å². The first kappa shape index (κ1) is 12.8. The predicted molar refractivity (Wildman–Crippen MR) is 72.2 cm³/mol. The topological polar surface area (TPSA) is 42.7 Å². The third-order valence-electron chi connectivity index (χ3n) is 3.29. The van der Waals surface area contributed by atoms with E-state index in [0.717, 1.165) is 18.2 Å². The number of nitrogens with zero attached hydrogens (tertiary/aromatic N) is 3. The minimum atomic E-state index is 0.307. The summed E-state index contributed by atoms with van der Waals surface area (Å²) in [6, 6.07) is 8.87. The number of hydrogen-bond donors (Lipinski definition) is 1. The molecule has 4 nitrogen and oxygen atoms in total. The lowest BCUT2D eigenvalue weighted by atomic mass is 10.1. The molecular formula is C14H20N4. The number of hydrogen-bond acceptors (Lipinski definition) is 3. The zero-order chi connectivity index (χ0) is 13.1. The van der Waals surface area contributed by atoms with Gasteiger partial charge in [0.05, 0.1) is 6.54 Å². The molecule has 0 saturated carbocycles. The van der Waals surface area contributed by atoms with Gasteiger partial charge in [0.1, 0.15) is 11.6 Å². The van der Waals surface area contributed by atoms with Gasteiger partial charge >= 0.3 is 0 Å². The lowest BCUT2D eigenvalue weighted by Gasteiger charge is -2.14. The van der Waals surface area contributed by atoms with Gasteiger partial charge in [-0.3, -0.25) is 0 Å². The quantitative estimate of drug-likeness (QED) is 0.897. The van der Waals surface area contributed by atoms with Gasteiger partial charge in [0.2, 0.25) is 0 Å². The molecule has 18 heavy (non-hydrogen) atoms. The zero-order valence-corrected chi connectivity index (χ0v) is 11.4. The fourth-order valence-corrected chi connectivity index (χ4v) is 1.91. The average molecular weight is 244 g/mol. The highest BCUT2D eigenvalue weighted by Gasteiger charge is 2.08. The molecule has 1 heterocycles. The molecular weight excluding hydrogens is 224 g/mol. The predicted octanol–water partition coefficient (Wildman–Crippen LogP) is 2.28. The molecule has 0 bridgehead atoms. The summed E-state index contributed by atoms with van der Waals surface area (Å²) in [5, 5.41) is 11.7. The molecule has 4 heteroatoms. The molecule has 0 aliphatic heterocycles.